The van der Waals surface area contributed by atoms with E-state index in [1.807, 2.05) is 91.5 Å². The Morgan fingerprint density at radius 1 is 0.966 bits per heavy atom. The third-order valence-corrected chi connectivity index (χ3v) is 6.14. The minimum atomic E-state index is -0.146. The van der Waals surface area contributed by atoms with Crippen LogP contribution in [0.5, 0.6) is 0 Å². The van der Waals surface area contributed by atoms with Crippen LogP contribution in [0.2, 0.25) is 0 Å². The van der Waals surface area contributed by atoms with Crippen LogP contribution in [0, 0.1) is 13.8 Å². The van der Waals surface area contributed by atoms with E-state index in [0.29, 0.717) is 11.3 Å². The predicted octanol–water partition coefficient (Wildman–Crippen LogP) is 5.33. The monoisotopic (exact) mass is 402 g/mol. The van der Waals surface area contributed by atoms with Gasteiger partial charge in [0.15, 0.2) is 0 Å². The Balaban J connectivity index is 1.57. The topological polar surface area (TPSA) is 49.4 Å². The third-order valence-electron chi connectivity index (χ3n) is 4.92. The van der Waals surface area contributed by atoms with Gasteiger partial charge in [-0.05, 0) is 55.8 Å². The van der Waals surface area contributed by atoms with Crippen LogP contribution >= 0.6 is 11.8 Å². The highest BCUT2D eigenvalue weighted by Crippen LogP contribution is 2.42. The Kier molecular flexibility index (Phi) is 5.41. The standard InChI is InChI=1S/C24H22N2O2S/c1-16-6-10-18(11-7-16)23(28)25-20-5-3-4-19(14-20)24-26(22(27)15-29-24)21-12-8-17(2)9-13-21/h3-14,24H,15H2,1-2H3,(H,25,28)/t24-/m1/s1. The molecule has 4 nitrogen and oxygen atoms in total. The van der Waals surface area contributed by atoms with E-state index >= 15 is 0 Å². The molecule has 3 aromatic rings. The molecule has 1 saturated heterocycles. The molecule has 0 unspecified atom stereocenters. The first-order valence-corrected chi connectivity index (χ1v) is 10.5. The van der Waals surface area contributed by atoms with Crippen molar-refractivity contribution < 1.29 is 9.59 Å². The lowest BCUT2D eigenvalue weighted by Crippen LogP contribution is -2.27. The van der Waals surface area contributed by atoms with Crippen molar-refractivity contribution in [2.24, 2.45) is 0 Å². The molecule has 29 heavy (non-hydrogen) atoms. The summed E-state index contributed by atoms with van der Waals surface area (Å²) in [6.07, 6.45) is 0. The summed E-state index contributed by atoms with van der Waals surface area (Å²) in [5.41, 5.74) is 5.49. The molecule has 0 radical (unpaired) electrons. The molecule has 0 bridgehead atoms. The quantitative estimate of drug-likeness (QED) is 0.641. The Labute approximate surface area is 174 Å². The zero-order valence-electron chi connectivity index (χ0n) is 16.4. The molecule has 3 aromatic carbocycles. The molecule has 1 heterocycles. The number of benzene rings is 3. The number of thioether (sulfide) groups is 1. The Morgan fingerprint density at radius 3 is 2.31 bits per heavy atom. The average Bonchev–Trinajstić information content (AvgIpc) is 3.11. The molecule has 146 valence electrons. The van der Waals surface area contributed by atoms with Crippen LogP contribution in [-0.4, -0.2) is 17.6 Å². The van der Waals surface area contributed by atoms with Gasteiger partial charge in [0.1, 0.15) is 5.37 Å². The van der Waals surface area contributed by atoms with Crippen molar-refractivity contribution in [2.75, 3.05) is 16.0 Å². The summed E-state index contributed by atoms with van der Waals surface area (Å²) in [6.45, 7) is 4.02. The summed E-state index contributed by atoms with van der Waals surface area (Å²) in [7, 11) is 0. The van der Waals surface area contributed by atoms with E-state index in [0.717, 1.165) is 28.1 Å². The highest BCUT2D eigenvalue weighted by Gasteiger charge is 2.34. The van der Waals surface area contributed by atoms with Crippen molar-refractivity contribution in [3.8, 4) is 0 Å². The van der Waals surface area contributed by atoms with Gasteiger partial charge >= 0.3 is 0 Å². The zero-order valence-corrected chi connectivity index (χ0v) is 17.2. The molecule has 2 amide bonds. The van der Waals surface area contributed by atoms with Gasteiger partial charge < -0.3 is 5.32 Å². The van der Waals surface area contributed by atoms with Gasteiger partial charge in [-0.25, -0.2) is 0 Å². The van der Waals surface area contributed by atoms with Crippen LogP contribution in [0.4, 0.5) is 11.4 Å². The van der Waals surface area contributed by atoms with Gasteiger partial charge in [0, 0.05) is 16.9 Å². The van der Waals surface area contributed by atoms with Crippen molar-refractivity contribution in [2.45, 2.75) is 19.2 Å². The van der Waals surface area contributed by atoms with Crippen LogP contribution < -0.4 is 10.2 Å². The highest BCUT2D eigenvalue weighted by atomic mass is 32.2. The molecule has 4 rings (SSSR count). The first kappa shape index (κ1) is 19.3. The van der Waals surface area contributed by atoms with E-state index in [-0.39, 0.29) is 17.2 Å². The lowest BCUT2D eigenvalue weighted by molar-refractivity contribution is -0.115. The van der Waals surface area contributed by atoms with Gasteiger partial charge in [-0.15, -0.1) is 11.8 Å². The minimum absolute atomic E-state index is 0.0953. The van der Waals surface area contributed by atoms with E-state index < -0.39 is 0 Å². The number of nitrogens with one attached hydrogen (secondary N) is 1. The van der Waals surface area contributed by atoms with Crippen LogP contribution in [0.25, 0.3) is 0 Å². The molecule has 0 spiro atoms. The number of rotatable bonds is 4. The number of carbonyl (C=O) groups is 2. The normalized spacial score (nSPS) is 16.1. The fraction of sp³-hybridized carbons (Fsp3) is 0.167. The molecule has 0 aromatic heterocycles. The van der Waals surface area contributed by atoms with Gasteiger partial charge in [0.2, 0.25) is 5.91 Å². The van der Waals surface area contributed by atoms with E-state index in [1.54, 1.807) is 11.8 Å². The molecule has 1 aliphatic heterocycles. The number of carbonyl (C=O) groups excluding carboxylic acids is 2. The van der Waals surface area contributed by atoms with Gasteiger partial charge in [0.05, 0.1) is 5.75 Å². The van der Waals surface area contributed by atoms with E-state index in [2.05, 4.69) is 5.32 Å². The van der Waals surface area contributed by atoms with Crippen LogP contribution in [0.15, 0.2) is 72.8 Å². The Hall–Kier alpha value is -3.05. The number of anilines is 2. The average molecular weight is 403 g/mol. The van der Waals surface area contributed by atoms with Crippen molar-refractivity contribution >= 4 is 35.0 Å². The molecule has 1 aliphatic rings. The van der Waals surface area contributed by atoms with E-state index in [1.165, 1.54) is 0 Å². The van der Waals surface area contributed by atoms with Crippen LogP contribution in [-0.2, 0) is 4.79 Å². The maximum atomic E-state index is 12.6. The Bertz CT molecular complexity index is 1050. The van der Waals surface area contributed by atoms with Crippen molar-refractivity contribution in [3.05, 3.63) is 95.1 Å². The van der Waals surface area contributed by atoms with Gasteiger partial charge in [0.25, 0.3) is 5.91 Å². The predicted molar refractivity (Wildman–Crippen MR) is 119 cm³/mol. The molecular formula is C24H22N2O2S. The van der Waals surface area contributed by atoms with Gasteiger partial charge in [-0.1, -0.05) is 47.5 Å². The van der Waals surface area contributed by atoms with E-state index in [4.69, 9.17) is 0 Å². The van der Waals surface area contributed by atoms with Gasteiger partial charge in [-0.2, -0.15) is 0 Å². The van der Waals surface area contributed by atoms with Crippen molar-refractivity contribution in [1.82, 2.24) is 0 Å². The first-order valence-electron chi connectivity index (χ1n) is 9.49. The van der Waals surface area contributed by atoms with Crippen LogP contribution in [0.3, 0.4) is 0 Å². The summed E-state index contributed by atoms with van der Waals surface area (Å²) >= 11 is 1.60. The second-order valence-corrected chi connectivity index (χ2v) is 8.28. The number of hydrogen-bond acceptors (Lipinski definition) is 3. The largest absolute Gasteiger partial charge is 0.322 e. The molecule has 5 heteroatoms. The molecule has 1 N–H and O–H groups in total. The molecule has 0 aliphatic carbocycles. The minimum Gasteiger partial charge on any atom is -0.322 e. The highest BCUT2D eigenvalue weighted by molar-refractivity contribution is 8.00. The number of nitrogens with zero attached hydrogens (tertiary/aromatic N) is 1. The van der Waals surface area contributed by atoms with E-state index in [9.17, 15) is 9.59 Å². The zero-order chi connectivity index (χ0) is 20.4. The smallest absolute Gasteiger partial charge is 0.255 e. The number of aryl methyl sites for hydroxylation is 2. The van der Waals surface area contributed by atoms with Crippen molar-refractivity contribution in [1.29, 1.82) is 0 Å². The lowest BCUT2D eigenvalue weighted by atomic mass is 10.1. The number of amides is 2. The van der Waals surface area contributed by atoms with Crippen molar-refractivity contribution in [3.63, 3.8) is 0 Å². The summed E-state index contributed by atoms with van der Waals surface area (Å²) in [6, 6.07) is 23.2. The molecule has 0 saturated carbocycles. The summed E-state index contributed by atoms with van der Waals surface area (Å²) in [5.74, 6) is 0.393. The van der Waals surface area contributed by atoms with Gasteiger partial charge in [-0.3, -0.25) is 14.5 Å². The molecule has 1 fully saturated rings. The summed E-state index contributed by atoms with van der Waals surface area (Å²) in [4.78, 5) is 26.9. The third kappa shape index (κ3) is 4.20. The maximum Gasteiger partial charge on any atom is 0.255 e. The fourth-order valence-corrected chi connectivity index (χ4v) is 4.50. The SMILES string of the molecule is Cc1ccc(C(=O)Nc2cccc([C@H]3SCC(=O)N3c3ccc(C)cc3)c2)cc1. The second kappa shape index (κ2) is 8.13. The maximum absolute atomic E-state index is 12.6. The summed E-state index contributed by atoms with van der Waals surface area (Å²) < 4.78 is 0. The first-order chi connectivity index (χ1) is 14.0. The molecule has 1 atom stereocenters. The Morgan fingerprint density at radius 2 is 1.62 bits per heavy atom. The molecular weight excluding hydrogens is 380 g/mol. The second-order valence-electron chi connectivity index (χ2n) is 7.21. The fourth-order valence-electron chi connectivity index (χ4n) is 3.33. The lowest BCUT2D eigenvalue weighted by Gasteiger charge is -2.25. The summed E-state index contributed by atoms with van der Waals surface area (Å²) in [5, 5.41) is 2.85. The number of hydrogen-bond donors (Lipinski definition) is 1. The van der Waals surface area contributed by atoms with Crippen LogP contribution in [0.1, 0.15) is 32.4 Å².